The summed E-state index contributed by atoms with van der Waals surface area (Å²) in [6.45, 7) is 7.44. The highest BCUT2D eigenvalue weighted by atomic mass is 16.5. The zero-order chi connectivity index (χ0) is 11.8. The van der Waals surface area contributed by atoms with Gasteiger partial charge in [0, 0.05) is 11.7 Å². The van der Waals surface area contributed by atoms with E-state index in [1.165, 1.54) is 5.69 Å². The molecule has 3 nitrogen and oxygen atoms in total. The average molecular weight is 232 g/mol. The summed E-state index contributed by atoms with van der Waals surface area (Å²) in [7, 11) is 0. The number of nitrogens with zero attached hydrogens (tertiary/aromatic N) is 2. The van der Waals surface area contributed by atoms with Gasteiger partial charge in [0.2, 0.25) is 0 Å². The first-order chi connectivity index (χ1) is 8.25. The zero-order valence-electron chi connectivity index (χ0n) is 10.5. The van der Waals surface area contributed by atoms with Crippen LogP contribution in [0.4, 0.5) is 5.69 Å². The van der Waals surface area contributed by atoms with Crippen LogP contribution in [0.25, 0.3) is 0 Å². The summed E-state index contributed by atoms with van der Waals surface area (Å²) in [5, 5.41) is 0. The second-order valence-corrected chi connectivity index (χ2v) is 5.31. The van der Waals surface area contributed by atoms with Gasteiger partial charge >= 0.3 is 0 Å². The number of rotatable bonds is 2. The molecule has 0 saturated carbocycles. The van der Waals surface area contributed by atoms with E-state index in [-0.39, 0.29) is 0 Å². The lowest BCUT2D eigenvalue weighted by atomic mass is 10.1. The molecule has 2 aliphatic heterocycles. The summed E-state index contributed by atoms with van der Waals surface area (Å²) in [6.07, 6.45) is 0.294. The first-order valence-corrected chi connectivity index (χ1v) is 6.43. The van der Waals surface area contributed by atoms with Gasteiger partial charge in [0.25, 0.3) is 0 Å². The summed E-state index contributed by atoms with van der Waals surface area (Å²) in [4.78, 5) is 4.90. The molecule has 2 heterocycles. The molecule has 0 N–H and O–H groups in total. The smallest absolute Gasteiger partial charge is 0.130 e. The maximum absolute atomic E-state index is 5.89. The lowest BCUT2D eigenvalue weighted by Gasteiger charge is -2.25. The van der Waals surface area contributed by atoms with Gasteiger partial charge in [-0.15, -0.1) is 0 Å². The van der Waals surface area contributed by atoms with Crippen molar-refractivity contribution in [1.29, 1.82) is 0 Å². The van der Waals surface area contributed by atoms with Crippen LogP contribution in [-0.4, -0.2) is 37.0 Å². The molecule has 2 fully saturated rings. The molecule has 0 aliphatic carbocycles. The fraction of sp³-hybridized carbons (Fsp3) is 0.571. The second kappa shape index (κ2) is 4.31. The Kier molecular flexibility index (Phi) is 2.81. The first-order valence-electron chi connectivity index (χ1n) is 6.43. The van der Waals surface area contributed by atoms with E-state index in [4.69, 9.17) is 4.74 Å². The summed E-state index contributed by atoms with van der Waals surface area (Å²) in [5.74, 6) is 0.663. The minimum absolute atomic E-state index is 0.294. The molecule has 0 bridgehead atoms. The second-order valence-electron chi connectivity index (χ2n) is 5.31. The molecule has 2 saturated heterocycles. The third-order valence-electron chi connectivity index (χ3n) is 3.86. The summed E-state index contributed by atoms with van der Waals surface area (Å²) in [6, 6.07) is 11.2. The van der Waals surface area contributed by atoms with E-state index < -0.39 is 0 Å². The number of hydrogen-bond donors (Lipinski definition) is 0. The standard InChI is InChI=1S/C14H20N2O/c1-11(2)13-9-17-14-8-15(10-16(13)14)12-6-4-3-5-7-12/h3-7,11,13-14H,8-10H2,1-2H3/t13-,14?/m1/s1. The van der Waals surface area contributed by atoms with Crippen LogP contribution in [0.1, 0.15) is 13.8 Å². The molecule has 1 unspecified atom stereocenters. The van der Waals surface area contributed by atoms with Gasteiger partial charge in [-0.3, -0.25) is 4.90 Å². The van der Waals surface area contributed by atoms with E-state index in [9.17, 15) is 0 Å². The molecular weight excluding hydrogens is 212 g/mol. The number of anilines is 1. The minimum Gasteiger partial charge on any atom is -0.360 e. The summed E-state index contributed by atoms with van der Waals surface area (Å²) < 4.78 is 5.89. The third-order valence-corrected chi connectivity index (χ3v) is 3.86. The topological polar surface area (TPSA) is 15.7 Å². The zero-order valence-corrected chi connectivity index (χ0v) is 10.5. The molecule has 3 rings (SSSR count). The van der Waals surface area contributed by atoms with E-state index in [2.05, 4.69) is 54.0 Å². The molecule has 0 aromatic heterocycles. The van der Waals surface area contributed by atoms with E-state index in [1.54, 1.807) is 0 Å². The highest BCUT2D eigenvalue weighted by molar-refractivity contribution is 5.47. The van der Waals surface area contributed by atoms with Crippen molar-refractivity contribution in [3.63, 3.8) is 0 Å². The predicted octanol–water partition coefficient (Wildman–Crippen LogP) is 2.15. The summed E-state index contributed by atoms with van der Waals surface area (Å²) in [5.41, 5.74) is 1.30. The monoisotopic (exact) mass is 232 g/mol. The SMILES string of the molecule is CC(C)[C@H]1COC2CN(c3ccccc3)CN21. The quantitative estimate of drug-likeness (QED) is 0.777. The Hall–Kier alpha value is -1.06. The Labute approximate surface area is 103 Å². The van der Waals surface area contributed by atoms with E-state index in [0.717, 1.165) is 19.8 Å². The number of para-hydroxylation sites is 1. The van der Waals surface area contributed by atoms with Crippen molar-refractivity contribution in [1.82, 2.24) is 4.90 Å². The number of benzene rings is 1. The van der Waals surface area contributed by atoms with Crippen LogP contribution in [0.3, 0.4) is 0 Å². The Morgan fingerprint density at radius 3 is 2.71 bits per heavy atom. The predicted molar refractivity (Wildman–Crippen MR) is 68.9 cm³/mol. The fourth-order valence-corrected chi connectivity index (χ4v) is 2.81. The third kappa shape index (κ3) is 1.94. The number of hydrogen-bond acceptors (Lipinski definition) is 3. The highest BCUT2D eigenvalue weighted by Crippen LogP contribution is 2.30. The van der Waals surface area contributed by atoms with Crippen LogP contribution < -0.4 is 4.90 Å². The van der Waals surface area contributed by atoms with Gasteiger partial charge in [-0.05, 0) is 18.1 Å². The van der Waals surface area contributed by atoms with E-state index in [1.807, 2.05) is 0 Å². The first kappa shape index (κ1) is 11.1. The van der Waals surface area contributed by atoms with Crippen molar-refractivity contribution in [2.45, 2.75) is 26.1 Å². The Bertz CT molecular complexity index is 379. The van der Waals surface area contributed by atoms with E-state index in [0.29, 0.717) is 18.2 Å². The molecule has 0 radical (unpaired) electrons. The van der Waals surface area contributed by atoms with Gasteiger partial charge in [0.1, 0.15) is 6.23 Å². The van der Waals surface area contributed by atoms with Crippen LogP contribution >= 0.6 is 0 Å². The van der Waals surface area contributed by atoms with Crippen molar-refractivity contribution >= 4 is 5.69 Å². The van der Waals surface area contributed by atoms with Crippen molar-refractivity contribution in [3.8, 4) is 0 Å². The molecular formula is C14H20N2O. The lowest BCUT2D eigenvalue weighted by Crippen LogP contribution is -2.37. The lowest BCUT2D eigenvalue weighted by molar-refractivity contribution is 0.0678. The van der Waals surface area contributed by atoms with Crippen LogP contribution in [0.2, 0.25) is 0 Å². The molecule has 1 aromatic carbocycles. The van der Waals surface area contributed by atoms with Gasteiger partial charge in [-0.1, -0.05) is 32.0 Å². The Balaban J connectivity index is 1.74. The molecule has 0 spiro atoms. The van der Waals surface area contributed by atoms with Crippen molar-refractivity contribution in [3.05, 3.63) is 30.3 Å². The van der Waals surface area contributed by atoms with Gasteiger partial charge in [0.15, 0.2) is 0 Å². The van der Waals surface area contributed by atoms with Gasteiger partial charge < -0.3 is 9.64 Å². The van der Waals surface area contributed by atoms with Crippen molar-refractivity contribution in [2.24, 2.45) is 5.92 Å². The van der Waals surface area contributed by atoms with Crippen molar-refractivity contribution in [2.75, 3.05) is 24.7 Å². The number of ether oxygens (including phenoxy) is 1. The fourth-order valence-electron chi connectivity index (χ4n) is 2.81. The molecule has 2 atom stereocenters. The molecule has 3 heteroatoms. The molecule has 0 amide bonds. The van der Waals surface area contributed by atoms with Crippen LogP contribution in [0, 0.1) is 5.92 Å². The van der Waals surface area contributed by atoms with Crippen molar-refractivity contribution < 1.29 is 4.74 Å². The maximum atomic E-state index is 5.89. The Morgan fingerprint density at radius 2 is 2.00 bits per heavy atom. The normalized spacial score (nSPS) is 29.0. The molecule has 1 aromatic rings. The van der Waals surface area contributed by atoms with Crippen LogP contribution in [0.15, 0.2) is 30.3 Å². The van der Waals surface area contributed by atoms with Gasteiger partial charge in [-0.25, -0.2) is 0 Å². The van der Waals surface area contributed by atoms with Crippen LogP contribution in [-0.2, 0) is 4.74 Å². The average Bonchev–Trinajstić information content (AvgIpc) is 2.88. The Morgan fingerprint density at radius 1 is 1.24 bits per heavy atom. The van der Waals surface area contributed by atoms with Gasteiger partial charge in [-0.2, -0.15) is 0 Å². The molecule has 92 valence electrons. The maximum Gasteiger partial charge on any atom is 0.130 e. The van der Waals surface area contributed by atoms with Crippen LogP contribution in [0.5, 0.6) is 0 Å². The minimum atomic E-state index is 0.294. The summed E-state index contributed by atoms with van der Waals surface area (Å²) >= 11 is 0. The molecule has 2 aliphatic rings. The molecule has 17 heavy (non-hydrogen) atoms. The largest absolute Gasteiger partial charge is 0.360 e. The highest BCUT2D eigenvalue weighted by Gasteiger charge is 2.42. The van der Waals surface area contributed by atoms with Gasteiger partial charge in [0.05, 0.1) is 19.8 Å². The van der Waals surface area contributed by atoms with E-state index >= 15 is 0 Å². The number of fused-ring (bicyclic) bond motifs is 1.